The molecule has 1 saturated heterocycles. The van der Waals surface area contributed by atoms with E-state index in [0.29, 0.717) is 11.5 Å². The molecule has 34 heavy (non-hydrogen) atoms. The zero-order chi connectivity index (χ0) is 25.0. The number of thioether (sulfide) groups is 1. The van der Waals surface area contributed by atoms with Crippen molar-refractivity contribution in [2.75, 3.05) is 18.6 Å². The fourth-order valence-corrected chi connectivity index (χ4v) is 6.51. The van der Waals surface area contributed by atoms with E-state index < -0.39 is 26.8 Å². The molecule has 0 bridgehead atoms. The van der Waals surface area contributed by atoms with Gasteiger partial charge >= 0.3 is 11.3 Å². The van der Waals surface area contributed by atoms with Crippen molar-refractivity contribution in [2.45, 2.75) is 38.4 Å². The van der Waals surface area contributed by atoms with Crippen LogP contribution in [0, 0.1) is 0 Å². The van der Waals surface area contributed by atoms with Crippen LogP contribution in [0.5, 0.6) is 5.88 Å². The number of rotatable bonds is 6. The van der Waals surface area contributed by atoms with Crippen molar-refractivity contribution in [3.8, 4) is 5.88 Å². The third kappa shape index (κ3) is 5.81. The lowest BCUT2D eigenvalue weighted by molar-refractivity contribution is 0.0601. The van der Waals surface area contributed by atoms with Crippen molar-refractivity contribution < 1.29 is 28.1 Å². The summed E-state index contributed by atoms with van der Waals surface area (Å²) in [5.41, 5.74) is 0.00185. The summed E-state index contributed by atoms with van der Waals surface area (Å²) < 4.78 is 29.1. The SMILES string of the molecule is COC(=O)c1ccc(C(=O)c2cnn(C)c2OC(=O)SC(C)C)c(Cl)c1N=S1(=O)CCCCC1. The molecule has 0 N–H and O–H groups in total. The number of aryl methyl sites for hydroxylation is 1. The second-order valence-electron chi connectivity index (χ2n) is 7.98. The van der Waals surface area contributed by atoms with Gasteiger partial charge in [0.15, 0.2) is 0 Å². The number of esters is 1. The molecule has 0 atom stereocenters. The lowest BCUT2D eigenvalue weighted by atomic mass is 10.0. The van der Waals surface area contributed by atoms with Gasteiger partial charge < -0.3 is 9.47 Å². The highest BCUT2D eigenvalue weighted by Gasteiger charge is 2.28. The van der Waals surface area contributed by atoms with E-state index in [1.807, 2.05) is 13.8 Å². The van der Waals surface area contributed by atoms with Crippen LogP contribution in [0.4, 0.5) is 10.5 Å². The molecule has 1 aromatic heterocycles. The minimum Gasteiger partial charge on any atom is -0.465 e. The Bertz CT molecular complexity index is 1240. The monoisotopic (exact) mass is 527 g/mol. The summed E-state index contributed by atoms with van der Waals surface area (Å²) in [6, 6.07) is 2.73. The predicted octanol–water partition coefficient (Wildman–Crippen LogP) is 5.01. The van der Waals surface area contributed by atoms with Crippen molar-refractivity contribution in [3.05, 3.63) is 40.0 Å². The normalized spacial score (nSPS) is 15.1. The molecule has 0 radical (unpaired) electrons. The number of ether oxygens (including phenoxy) is 2. The largest absolute Gasteiger partial charge is 0.465 e. The maximum atomic E-state index is 13.4. The first-order chi connectivity index (χ1) is 16.1. The van der Waals surface area contributed by atoms with Crippen LogP contribution in [0.2, 0.25) is 5.02 Å². The molecule has 0 saturated carbocycles. The van der Waals surface area contributed by atoms with Crippen LogP contribution < -0.4 is 4.74 Å². The number of ketones is 1. The summed E-state index contributed by atoms with van der Waals surface area (Å²) in [7, 11) is 0.115. The van der Waals surface area contributed by atoms with Gasteiger partial charge in [0, 0.05) is 29.4 Å². The van der Waals surface area contributed by atoms with E-state index in [9.17, 15) is 18.6 Å². The molecule has 2 heterocycles. The standard InChI is InChI=1S/C22H26ClN3O6S2/c1-13(2)33-22(29)32-20-16(12-24-26(20)3)19(27)14-8-9-15(21(28)31-4)18(17(14)23)25-34(30)10-6-5-7-11-34/h8-9,12-13H,5-7,10-11H2,1-4H3. The number of hydrogen-bond donors (Lipinski definition) is 0. The summed E-state index contributed by atoms with van der Waals surface area (Å²) in [6.45, 7) is 3.68. The molecule has 1 fully saturated rings. The molecule has 2 aromatic rings. The van der Waals surface area contributed by atoms with Crippen molar-refractivity contribution in [2.24, 2.45) is 11.4 Å². The summed E-state index contributed by atoms with van der Waals surface area (Å²) in [6.07, 6.45) is 3.74. The highest BCUT2D eigenvalue weighted by atomic mass is 35.5. The molecular formula is C22H26ClN3O6S2. The Balaban J connectivity index is 2.09. The Kier molecular flexibility index (Phi) is 8.43. The van der Waals surface area contributed by atoms with Crippen LogP contribution >= 0.6 is 23.4 Å². The highest BCUT2D eigenvalue weighted by Crippen LogP contribution is 2.37. The maximum Gasteiger partial charge on any atom is 0.374 e. The van der Waals surface area contributed by atoms with Crippen LogP contribution in [0.1, 0.15) is 59.4 Å². The number of carbonyl (C=O) groups excluding carboxylic acids is 3. The van der Waals surface area contributed by atoms with Crippen LogP contribution in [-0.4, -0.2) is 54.9 Å². The Morgan fingerprint density at radius 1 is 1.15 bits per heavy atom. The van der Waals surface area contributed by atoms with E-state index in [1.165, 1.54) is 37.2 Å². The van der Waals surface area contributed by atoms with Crippen LogP contribution in [0.3, 0.4) is 0 Å². The highest BCUT2D eigenvalue weighted by molar-refractivity contribution is 8.13. The third-order valence-electron chi connectivity index (χ3n) is 5.09. The average molecular weight is 528 g/mol. The second kappa shape index (κ2) is 10.9. The number of benzene rings is 1. The van der Waals surface area contributed by atoms with Gasteiger partial charge in [0.05, 0.1) is 33.6 Å². The smallest absolute Gasteiger partial charge is 0.374 e. The molecule has 0 unspecified atom stereocenters. The average Bonchev–Trinajstić information content (AvgIpc) is 3.14. The first-order valence-electron chi connectivity index (χ1n) is 10.6. The summed E-state index contributed by atoms with van der Waals surface area (Å²) in [4.78, 5) is 38.0. The molecule has 0 amide bonds. The number of halogens is 1. The lowest BCUT2D eigenvalue weighted by Gasteiger charge is -2.17. The van der Waals surface area contributed by atoms with Gasteiger partial charge in [-0.1, -0.05) is 31.9 Å². The summed E-state index contributed by atoms with van der Waals surface area (Å²) >= 11 is 7.56. The maximum absolute atomic E-state index is 13.4. The molecule has 12 heteroatoms. The van der Waals surface area contributed by atoms with Crippen molar-refractivity contribution in [1.29, 1.82) is 0 Å². The second-order valence-corrected chi connectivity index (χ2v) is 12.4. The number of carbonyl (C=O) groups is 3. The van der Waals surface area contributed by atoms with Crippen LogP contribution in [0.25, 0.3) is 0 Å². The minimum atomic E-state index is -2.64. The summed E-state index contributed by atoms with van der Waals surface area (Å²) in [5.74, 6) is -0.550. The zero-order valence-electron chi connectivity index (χ0n) is 19.3. The first kappa shape index (κ1) is 26.2. The van der Waals surface area contributed by atoms with Gasteiger partial charge in [-0.3, -0.25) is 4.79 Å². The van der Waals surface area contributed by atoms with Gasteiger partial charge in [-0.25, -0.2) is 18.5 Å². The van der Waals surface area contributed by atoms with Gasteiger partial charge in [0.25, 0.3) is 0 Å². The molecule has 0 spiro atoms. The molecule has 3 rings (SSSR count). The van der Waals surface area contributed by atoms with E-state index in [2.05, 4.69) is 9.46 Å². The van der Waals surface area contributed by atoms with Gasteiger partial charge in [0.1, 0.15) is 11.3 Å². The van der Waals surface area contributed by atoms with Crippen molar-refractivity contribution in [1.82, 2.24) is 9.78 Å². The van der Waals surface area contributed by atoms with E-state index in [-0.39, 0.29) is 38.5 Å². The van der Waals surface area contributed by atoms with Gasteiger partial charge in [-0.15, -0.1) is 0 Å². The van der Waals surface area contributed by atoms with Crippen molar-refractivity contribution >= 4 is 55.8 Å². The predicted molar refractivity (Wildman–Crippen MR) is 132 cm³/mol. The number of nitrogens with zero attached hydrogens (tertiary/aromatic N) is 3. The number of methoxy groups -OCH3 is 1. The van der Waals surface area contributed by atoms with E-state index in [4.69, 9.17) is 21.1 Å². The molecule has 1 aliphatic heterocycles. The quantitative estimate of drug-likeness (QED) is 0.380. The van der Waals surface area contributed by atoms with Gasteiger partial charge in [-0.2, -0.15) is 9.46 Å². The molecule has 0 aliphatic carbocycles. The lowest BCUT2D eigenvalue weighted by Crippen LogP contribution is -2.16. The van der Waals surface area contributed by atoms with Crippen LogP contribution in [0.15, 0.2) is 22.7 Å². The Hall–Kier alpha value is -2.37. The third-order valence-corrected chi connectivity index (χ3v) is 8.59. The van der Waals surface area contributed by atoms with E-state index >= 15 is 0 Å². The van der Waals surface area contributed by atoms with Crippen molar-refractivity contribution in [3.63, 3.8) is 0 Å². The summed E-state index contributed by atoms with van der Waals surface area (Å²) in [5, 5.41) is 3.32. The first-order valence-corrected chi connectivity index (χ1v) is 13.8. The molecule has 1 aliphatic rings. The van der Waals surface area contributed by atoms with Gasteiger partial charge in [-0.05, 0) is 36.7 Å². The number of aromatic nitrogens is 2. The van der Waals surface area contributed by atoms with E-state index in [1.54, 1.807) is 0 Å². The number of hydrogen-bond acceptors (Lipinski definition) is 9. The molecule has 9 nitrogen and oxygen atoms in total. The van der Waals surface area contributed by atoms with Crippen LogP contribution in [-0.2, 0) is 21.5 Å². The zero-order valence-corrected chi connectivity index (χ0v) is 21.7. The topological polar surface area (TPSA) is 117 Å². The fraction of sp³-hybridized carbons (Fsp3) is 0.455. The Labute approximate surface area is 207 Å². The minimum absolute atomic E-state index is 0.00805. The molecule has 184 valence electrons. The molecular weight excluding hydrogens is 502 g/mol. The Morgan fingerprint density at radius 3 is 2.41 bits per heavy atom. The Morgan fingerprint density at radius 2 is 1.79 bits per heavy atom. The fourth-order valence-electron chi connectivity index (χ4n) is 3.44. The van der Waals surface area contributed by atoms with Gasteiger partial charge in [0.2, 0.25) is 11.7 Å². The van der Waals surface area contributed by atoms with E-state index in [0.717, 1.165) is 31.0 Å². The molecule has 1 aromatic carbocycles.